The second-order valence-electron chi connectivity index (χ2n) is 5.15. The van der Waals surface area contributed by atoms with Crippen LogP contribution in [0.1, 0.15) is 23.2 Å². The van der Waals surface area contributed by atoms with E-state index in [9.17, 15) is 14.4 Å². The van der Waals surface area contributed by atoms with Crippen molar-refractivity contribution in [2.24, 2.45) is 0 Å². The molecule has 0 radical (unpaired) electrons. The summed E-state index contributed by atoms with van der Waals surface area (Å²) in [6, 6.07) is 8.52. The van der Waals surface area contributed by atoms with Crippen molar-refractivity contribution in [2.45, 2.75) is 18.9 Å². The lowest BCUT2D eigenvalue weighted by Crippen LogP contribution is -2.36. The third-order valence-corrected chi connectivity index (χ3v) is 3.34. The average Bonchev–Trinajstić information content (AvgIpc) is 3.10. The second-order valence-corrected chi connectivity index (χ2v) is 5.15. The monoisotopic (exact) mass is 320 g/mol. The zero-order chi connectivity index (χ0) is 16.5. The van der Waals surface area contributed by atoms with Gasteiger partial charge in [0.05, 0.1) is 6.10 Å². The number of amides is 2. The van der Waals surface area contributed by atoms with Crippen molar-refractivity contribution in [3.63, 3.8) is 0 Å². The highest BCUT2D eigenvalue weighted by Crippen LogP contribution is 2.10. The van der Waals surface area contributed by atoms with Gasteiger partial charge in [-0.25, -0.2) is 0 Å². The zero-order valence-corrected chi connectivity index (χ0v) is 12.7. The van der Waals surface area contributed by atoms with Gasteiger partial charge in [-0.2, -0.15) is 0 Å². The standard InChI is InChI=1S/C16H20N2O5/c19-14(17-9-13-7-4-8-22-13)11-23-15(20)10-18-16(21)12-5-2-1-3-6-12/h1-3,5-6,13H,4,7-11H2,(H,17,19)(H,18,21)/t13-/m0/s1. The van der Waals surface area contributed by atoms with E-state index in [0.29, 0.717) is 12.1 Å². The van der Waals surface area contributed by atoms with Crippen LogP contribution in [0.4, 0.5) is 0 Å². The molecule has 2 amide bonds. The Labute approximate surface area is 134 Å². The maximum atomic E-state index is 11.7. The van der Waals surface area contributed by atoms with E-state index in [4.69, 9.17) is 9.47 Å². The number of carbonyl (C=O) groups is 3. The van der Waals surface area contributed by atoms with Gasteiger partial charge in [-0.05, 0) is 25.0 Å². The van der Waals surface area contributed by atoms with Crippen molar-refractivity contribution < 1.29 is 23.9 Å². The van der Waals surface area contributed by atoms with Crippen molar-refractivity contribution in [2.75, 3.05) is 26.3 Å². The smallest absolute Gasteiger partial charge is 0.325 e. The quantitative estimate of drug-likeness (QED) is 0.703. The van der Waals surface area contributed by atoms with Gasteiger partial charge in [0.1, 0.15) is 6.54 Å². The minimum Gasteiger partial charge on any atom is -0.454 e. The summed E-state index contributed by atoms with van der Waals surface area (Å²) in [7, 11) is 0. The molecule has 1 fully saturated rings. The summed E-state index contributed by atoms with van der Waals surface area (Å²) in [5.74, 6) is -1.42. The number of esters is 1. The predicted octanol–water partition coefficient (Wildman–Crippen LogP) is 0.255. The SMILES string of the molecule is O=C(COC(=O)CNC(=O)c1ccccc1)NC[C@@H]1CCCO1. The Morgan fingerprint density at radius 1 is 1.17 bits per heavy atom. The Kier molecular flexibility index (Phi) is 6.56. The molecular formula is C16H20N2O5. The highest BCUT2D eigenvalue weighted by Gasteiger charge is 2.16. The molecule has 0 spiro atoms. The van der Waals surface area contributed by atoms with Gasteiger partial charge >= 0.3 is 5.97 Å². The number of nitrogens with one attached hydrogen (secondary N) is 2. The molecule has 124 valence electrons. The lowest BCUT2D eigenvalue weighted by molar-refractivity contribution is -0.147. The summed E-state index contributed by atoms with van der Waals surface area (Å²) in [6.07, 6.45) is 1.96. The normalized spacial score (nSPS) is 16.6. The molecule has 0 saturated carbocycles. The van der Waals surface area contributed by atoms with E-state index in [0.717, 1.165) is 19.4 Å². The van der Waals surface area contributed by atoms with Gasteiger partial charge in [-0.15, -0.1) is 0 Å². The first kappa shape index (κ1) is 17.0. The minimum atomic E-state index is -0.665. The molecule has 0 bridgehead atoms. The first-order valence-corrected chi connectivity index (χ1v) is 7.52. The third-order valence-electron chi connectivity index (χ3n) is 3.34. The maximum absolute atomic E-state index is 11.7. The average molecular weight is 320 g/mol. The summed E-state index contributed by atoms with van der Waals surface area (Å²) >= 11 is 0. The van der Waals surface area contributed by atoms with E-state index in [1.54, 1.807) is 30.3 Å². The first-order valence-electron chi connectivity index (χ1n) is 7.52. The van der Waals surface area contributed by atoms with Crippen molar-refractivity contribution in [3.05, 3.63) is 35.9 Å². The molecule has 1 aromatic rings. The summed E-state index contributed by atoms with van der Waals surface area (Å²) in [5, 5.41) is 5.08. The molecular weight excluding hydrogens is 300 g/mol. The topological polar surface area (TPSA) is 93.7 Å². The van der Waals surface area contributed by atoms with Crippen LogP contribution in [0.3, 0.4) is 0 Å². The molecule has 1 aliphatic heterocycles. The van der Waals surface area contributed by atoms with E-state index >= 15 is 0 Å². The molecule has 0 aliphatic carbocycles. The molecule has 23 heavy (non-hydrogen) atoms. The fraction of sp³-hybridized carbons (Fsp3) is 0.438. The number of hydrogen-bond donors (Lipinski definition) is 2. The van der Waals surface area contributed by atoms with E-state index in [2.05, 4.69) is 10.6 Å². The Balaban J connectivity index is 1.59. The highest BCUT2D eigenvalue weighted by atomic mass is 16.5. The minimum absolute atomic E-state index is 0.0415. The summed E-state index contributed by atoms with van der Waals surface area (Å²) in [5.41, 5.74) is 0.453. The number of rotatable bonds is 7. The van der Waals surface area contributed by atoms with Crippen LogP contribution in [0.25, 0.3) is 0 Å². The van der Waals surface area contributed by atoms with Gasteiger partial charge in [0, 0.05) is 18.7 Å². The van der Waals surface area contributed by atoms with Crippen LogP contribution >= 0.6 is 0 Å². The Morgan fingerprint density at radius 3 is 2.65 bits per heavy atom. The van der Waals surface area contributed by atoms with E-state index in [1.807, 2.05) is 0 Å². The van der Waals surface area contributed by atoms with Gasteiger partial charge in [0.15, 0.2) is 6.61 Å². The van der Waals surface area contributed by atoms with Gasteiger partial charge in [0.2, 0.25) is 0 Å². The molecule has 7 heteroatoms. The second kappa shape index (κ2) is 8.89. The lowest BCUT2D eigenvalue weighted by atomic mass is 10.2. The van der Waals surface area contributed by atoms with Gasteiger partial charge < -0.3 is 20.1 Å². The van der Waals surface area contributed by atoms with Crippen molar-refractivity contribution in [1.29, 1.82) is 0 Å². The molecule has 1 aromatic carbocycles. The van der Waals surface area contributed by atoms with Crippen molar-refractivity contribution in [1.82, 2.24) is 10.6 Å². The number of benzene rings is 1. The molecule has 1 heterocycles. The summed E-state index contributed by atoms with van der Waals surface area (Å²) in [4.78, 5) is 34.8. The molecule has 0 unspecified atom stereocenters. The Hall–Kier alpha value is -2.41. The Morgan fingerprint density at radius 2 is 1.96 bits per heavy atom. The van der Waals surface area contributed by atoms with E-state index < -0.39 is 5.97 Å². The van der Waals surface area contributed by atoms with E-state index in [1.165, 1.54) is 0 Å². The number of ether oxygens (including phenoxy) is 2. The Bertz CT molecular complexity index is 541. The fourth-order valence-corrected chi connectivity index (χ4v) is 2.13. The molecule has 0 aromatic heterocycles. The van der Waals surface area contributed by atoms with Gasteiger partial charge in [-0.3, -0.25) is 14.4 Å². The summed E-state index contributed by atoms with van der Waals surface area (Å²) < 4.78 is 10.2. The maximum Gasteiger partial charge on any atom is 0.325 e. The van der Waals surface area contributed by atoms with Crippen LogP contribution in [-0.2, 0) is 19.1 Å². The molecule has 7 nitrogen and oxygen atoms in total. The molecule has 2 N–H and O–H groups in total. The summed E-state index contributed by atoms with van der Waals surface area (Å²) in [6.45, 7) is 0.483. The molecule has 1 atom stereocenters. The van der Waals surface area contributed by atoms with Crippen LogP contribution in [-0.4, -0.2) is 50.2 Å². The predicted molar refractivity (Wildman–Crippen MR) is 81.7 cm³/mol. The lowest BCUT2D eigenvalue weighted by Gasteiger charge is -2.11. The molecule has 1 aliphatic rings. The highest BCUT2D eigenvalue weighted by molar-refractivity contribution is 5.96. The van der Waals surface area contributed by atoms with Gasteiger partial charge in [0.25, 0.3) is 11.8 Å². The largest absolute Gasteiger partial charge is 0.454 e. The van der Waals surface area contributed by atoms with Crippen molar-refractivity contribution in [3.8, 4) is 0 Å². The zero-order valence-electron chi connectivity index (χ0n) is 12.7. The third kappa shape index (κ3) is 6.07. The molecule has 1 saturated heterocycles. The van der Waals surface area contributed by atoms with Gasteiger partial charge in [-0.1, -0.05) is 18.2 Å². The van der Waals surface area contributed by atoms with Crippen LogP contribution < -0.4 is 10.6 Å². The van der Waals surface area contributed by atoms with Crippen LogP contribution in [0, 0.1) is 0 Å². The van der Waals surface area contributed by atoms with Crippen LogP contribution in [0.5, 0.6) is 0 Å². The fourth-order valence-electron chi connectivity index (χ4n) is 2.13. The molecule has 2 rings (SSSR count). The van der Waals surface area contributed by atoms with Crippen LogP contribution in [0.15, 0.2) is 30.3 Å². The van der Waals surface area contributed by atoms with E-state index in [-0.39, 0.29) is 31.1 Å². The first-order chi connectivity index (χ1) is 11.1. The van der Waals surface area contributed by atoms with Crippen LogP contribution in [0.2, 0.25) is 0 Å². The number of carbonyl (C=O) groups excluding carboxylic acids is 3. The van der Waals surface area contributed by atoms with Crippen molar-refractivity contribution >= 4 is 17.8 Å². The number of hydrogen-bond acceptors (Lipinski definition) is 5.